The third-order valence-corrected chi connectivity index (χ3v) is 8.13. The molecule has 2 aromatic heterocycles. The largest absolute Gasteiger partial charge is 0.496 e. The second-order valence-corrected chi connectivity index (χ2v) is 11.3. The first-order chi connectivity index (χ1) is 19.9. The molecular formula is C29H33N5O6S. The molecule has 5 heterocycles. The molecule has 0 aliphatic carbocycles. The van der Waals surface area contributed by atoms with E-state index in [9.17, 15) is 4.79 Å². The van der Waals surface area contributed by atoms with Gasteiger partial charge in [-0.05, 0) is 31.4 Å². The molecule has 2 saturated heterocycles. The van der Waals surface area contributed by atoms with Crippen LogP contribution in [0, 0.1) is 5.41 Å². The van der Waals surface area contributed by atoms with E-state index in [-0.39, 0.29) is 18.8 Å². The van der Waals surface area contributed by atoms with E-state index < -0.39 is 5.54 Å². The van der Waals surface area contributed by atoms with Gasteiger partial charge in [0.05, 0.1) is 57.0 Å². The highest BCUT2D eigenvalue weighted by atomic mass is 32.1. The number of hydrogen-bond acceptors (Lipinski definition) is 10. The number of rotatable bonds is 8. The fourth-order valence-electron chi connectivity index (χ4n) is 5.36. The summed E-state index contributed by atoms with van der Waals surface area (Å²) in [6.07, 6.45) is 2.69. The topological polar surface area (TPSA) is 120 Å². The van der Waals surface area contributed by atoms with Crippen LogP contribution in [0.3, 0.4) is 0 Å². The Morgan fingerprint density at radius 3 is 2.83 bits per heavy atom. The van der Waals surface area contributed by atoms with Gasteiger partial charge in [0, 0.05) is 52.7 Å². The van der Waals surface area contributed by atoms with Crippen molar-refractivity contribution in [2.45, 2.75) is 32.3 Å². The summed E-state index contributed by atoms with van der Waals surface area (Å²) in [6.45, 7) is 7.21. The number of thiophene rings is 1. The molecule has 0 atom stereocenters. The Morgan fingerprint density at radius 2 is 2.12 bits per heavy atom. The molecule has 3 aromatic rings. The highest BCUT2D eigenvalue weighted by molar-refractivity contribution is 7.08. The lowest BCUT2D eigenvalue weighted by molar-refractivity contribution is -0.0374. The maximum atomic E-state index is 14.0. The van der Waals surface area contributed by atoms with Crippen LogP contribution in [0.4, 0.5) is 0 Å². The molecule has 0 spiro atoms. The van der Waals surface area contributed by atoms with Crippen molar-refractivity contribution in [1.82, 2.24) is 20.0 Å². The second-order valence-electron chi connectivity index (χ2n) is 10.6. The number of benzene rings is 1. The van der Waals surface area contributed by atoms with Crippen molar-refractivity contribution in [3.63, 3.8) is 0 Å². The van der Waals surface area contributed by atoms with Crippen molar-refractivity contribution < 1.29 is 28.5 Å². The zero-order valence-electron chi connectivity index (χ0n) is 23.3. The van der Waals surface area contributed by atoms with E-state index in [2.05, 4.69) is 5.32 Å². The predicted octanol–water partition coefficient (Wildman–Crippen LogP) is 3.71. The van der Waals surface area contributed by atoms with Crippen molar-refractivity contribution >= 4 is 29.0 Å². The quantitative estimate of drug-likeness (QED) is 0.388. The molecule has 1 amide bonds. The Labute approximate surface area is 242 Å². The molecular weight excluding hydrogens is 546 g/mol. The van der Waals surface area contributed by atoms with Crippen molar-refractivity contribution in [2.75, 3.05) is 46.6 Å². The highest BCUT2D eigenvalue weighted by Gasteiger charge is 2.39. The number of amides is 1. The van der Waals surface area contributed by atoms with Crippen molar-refractivity contribution in [1.29, 1.82) is 5.41 Å². The molecule has 6 rings (SSSR count). The number of morpholine rings is 1. The Balaban J connectivity index is 1.45. The van der Waals surface area contributed by atoms with E-state index >= 15 is 0 Å². The van der Waals surface area contributed by atoms with E-state index in [0.29, 0.717) is 67.8 Å². The zero-order chi connectivity index (χ0) is 28.6. The summed E-state index contributed by atoms with van der Waals surface area (Å²) in [6, 6.07) is 5.74. The lowest BCUT2D eigenvalue weighted by Gasteiger charge is -2.41. The molecule has 0 radical (unpaired) electrons. The Bertz CT molecular complexity index is 1480. The minimum absolute atomic E-state index is 0.148. The van der Waals surface area contributed by atoms with Gasteiger partial charge in [-0.15, -0.1) is 0 Å². The molecule has 3 aliphatic rings. The highest BCUT2D eigenvalue weighted by Crippen LogP contribution is 2.45. The Hall–Kier alpha value is -3.71. The van der Waals surface area contributed by atoms with Gasteiger partial charge < -0.3 is 39.3 Å². The fraction of sp³-hybridized carbons (Fsp3) is 0.414. The number of nitrogens with one attached hydrogen (secondary N) is 2. The van der Waals surface area contributed by atoms with Crippen molar-refractivity contribution in [3.05, 3.63) is 52.0 Å². The molecule has 0 bridgehead atoms. The Kier molecular flexibility index (Phi) is 7.56. The first kappa shape index (κ1) is 27.5. The van der Waals surface area contributed by atoms with Gasteiger partial charge >= 0.3 is 0 Å². The molecule has 0 unspecified atom stereocenters. The average Bonchev–Trinajstić information content (AvgIpc) is 3.75. The van der Waals surface area contributed by atoms with Gasteiger partial charge in [-0.25, -0.2) is 4.68 Å². The third-order valence-electron chi connectivity index (χ3n) is 7.46. The first-order valence-electron chi connectivity index (χ1n) is 13.5. The van der Waals surface area contributed by atoms with Crippen LogP contribution in [-0.4, -0.2) is 85.3 Å². The summed E-state index contributed by atoms with van der Waals surface area (Å²) in [7, 11) is 1.59. The number of hydrogen-bond donors (Lipinski definition) is 2. The van der Waals surface area contributed by atoms with Crippen LogP contribution in [0.25, 0.3) is 22.5 Å². The van der Waals surface area contributed by atoms with Crippen LogP contribution in [0.1, 0.15) is 35.5 Å². The van der Waals surface area contributed by atoms with E-state index in [1.165, 1.54) is 6.21 Å². The first-order valence-corrected chi connectivity index (χ1v) is 14.4. The van der Waals surface area contributed by atoms with E-state index in [0.717, 1.165) is 22.5 Å². The van der Waals surface area contributed by atoms with Gasteiger partial charge in [-0.1, -0.05) is 0 Å². The summed E-state index contributed by atoms with van der Waals surface area (Å²) in [5.74, 6) is 1.03. The van der Waals surface area contributed by atoms with Crippen molar-refractivity contribution in [3.8, 4) is 28.4 Å². The normalized spacial score (nSPS) is 18.4. The van der Waals surface area contributed by atoms with Crippen molar-refractivity contribution in [2.24, 2.45) is 0 Å². The molecule has 2 fully saturated rings. The Morgan fingerprint density at radius 1 is 1.29 bits per heavy atom. The number of allylic oxidation sites excluding steroid dienone is 1. The third kappa shape index (κ3) is 5.12. The minimum Gasteiger partial charge on any atom is -0.496 e. The lowest BCUT2D eigenvalue weighted by atomic mass is 9.95. The van der Waals surface area contributed by atoms with Crippen LogP contribution in [0.15, 0.2) is 35.2 Å². The molecule has 41 heavy (non-hydrogen) atoms. The predicted molar refractivity (Wildman–Crippen MR) is 154 cm³/mol. The maximum absolute atomic E-state index is 14.0. The summed E-state index contributed by atoms with van der Waals surface area (Å²) in [5.41, 5.74) is 4.32. The molecule has 11 nitrogen and oxygen atoms in total. The van der Waals surface area contributed by atoms with Crippen LogP contribution in [-0.2, 0) is 20.8 Å². The maximum Gasteiger partial charge on any atom is 0.275 e. The molecule has 12 heteroatoms. The minimum atomic E-state index is -0.465. The number of methoxy groups -OCH3 is 1. The van der Waals surface area contributed by atoms with Gasteiger partial charge in [0.15, 0.2) is 12.0 Å². The molecule has 1 aromatic carbocycles. The number of ether oxygens (including phenoxy) is 5. The second kappa shape index (κ2) is 11.3. The van der Waals surface area contributed by atoms with Crippen LogP contribution in [0.5, 0.6) is 11.5 Å². The lowest BCUT2D eigenvalue weighted by Crippen LogP contribution is -2.55. The van der Waals surface area contributed by atoms with Gasteiger partial charge in [0.1, 0.15) is 18.1 Å². The standard InChI is InChI=1S/C29H33N5O6S/c1-29(2)17-37-6-5-33(29)28(35)26-22-15-40-24-11-23(36-3)20(18(12-30)13-31-14-25-38-7-8-39-25)10-21(24)27(22)34(32-26)19-4-9-41-16-19/h4,9-13,16,25,30-31H,5-8,14-15,17H2,1-3H3/b18-13+,30-12?. The molecule has 216 valence electrons. The fourth-order valence-corrected chi connectivity index (χ4v) is 5.97. The summed E-state index contributed by atoms with van der Waals surface area (Å²) in [4.78, 5) is 15.8. The molecule has 0 saturated carbocycles. The van der Waals surface area contributed by atoms with Crippen LogP contribution >= 0.6 is 11.3 Å². The number of aromatic nitrogens is 2. The van der Waals surface area contributed by atoms with Gasteiger partial charge in [0.2, 0.25) is 0 Å². The average molecular weight is 580 g/mol. The molecule has 3 aliphatic heterocycles. The molecule has 2 N–H and O–H groups in total. The smallest absolute Gasteiger partial charge is 0.275 e. The summed E-state index contributed by atoms with van der Waals surface area (Å²) >= 11 is 1.56. The SMILES string of the molecule is COc1cc2c(cc1/C(C=N)=C/NCC1OCCO1)-c1c(c(C(=O)N3CCOCC3(C)C)nn1-c1ccsc1)CO2. The number of fused-ring (bicyclic) bond motifs is 3. The number of nitrogens with zero attached hydrogens (tertiary/aromatic N) is 3. The van der Waals surface area contributed by atoms with Crippen LogP contribution in [0.2, 0.25) is 0 Å². The van der Waals surface area contributed by atoms with Gasteiger partial charge in [-0.2, -0.15) is 16.4 Å². The number of carbonyl (C=O) groups is 1. The summed E-state index contributed by atoms with van der Waals surface area (Å²) < 4.78 is 30.4. The van der Waals surface area contributed by atoms with E-state index in [1.54, 1.807) is 24.6 Å². The summed E-state index contributed by atoms with van der Waals surface area (Å²) in [5, 5.41) is 20.2. The van der Waals surface area contributed by atoms with E-state index in [1.807, 2.05) is 52.4 Å². The van der Waals surface area contributed by atoms with Gasteiger partial charge in [0.25, 0.3) is 5.91 Å². The monoisotopic (exact) mass is 579 g/mol. The zero-order valence-corrected chi connectivity index (χ0v) is 24.1. The van der Waals surface area contributed by atoms with Crippen LogP contribution < -0.4 is 14.8 Å². The van der Waals surface area contributed by atoms with Gasteiger partial charge in [-0.3, -0.25) is 4.79 Å². The van der Waals surface area contributed by atoms with E-state index in [4.69, 9.17) is 34.2 Å². The number of carbonyl (C=O) groups excluding carboxylic acids is 1.